The molecule has 0 fully saturated rings. The van der Waals surface area contributed by atoms with E-state index >= 15 is 0 Å². The Morgan fingerprint density at radius 1 is 0.308 bits per heavy atom. The largest absolute Gasteiger partial charge is 0.472 e. The van der Waals surface area contributed by atoms with E-state index in [1.165, 1.54) is 0 Å². The molecule has 0 amide bonds. The summed E-state index contributed by atoms with van der Waals surface area (Å²) in [4.78, 5) is 58.3. The molecule has 5 unspecified atom stereocenters. The maximum atomic E-state index is 12.9. The molecule has 0 saturated heterocycles. The Morgan fingerprint density at radius 3 is 0.901 bits per heavy atom. The Kier molecular flexibility index (Phi) is 60.5. The predicted octanol–water partition coefficient (Wildman–Crippen LogP) is 18.1. The second-order valence-electron chi connectivity index (χ2n) is 20.8. The molecule has 4 N–H and O–H groups in total. The van der Waals surface area contributed by atoms with Crippen molar-refractivity contribution in [3.05, 3.63) is 194 Å². The molecule has 0 spiro atoms. The van der Waals surface area contributed by atoms with Gasteiger partial charge in [-0.3, -0.25) is 32.5 Å². The molecular formula is C73H112O16P2. The first-order chi connectivity index (χ1) is 44.2. The van der Waals surface area contributed by atoms with Crippen LogP contribution in [0.15, 0.2) is 194 Å². The highest BCUT2D eigenvalue weighted by molar-refractivity contribution is 7.47. The minimum Gasteiger partial charge on any atom is -0.463 e. The monoisotopic (exact) mass is 1310 g/mol. The molecule has 0 aromatic carbocycles. The van der Waals surface area contributed by atoms with Crippen LogP contribution in [0.3, 0.4) is 0 Å². The quantitative estimate of drug-likeness (QED) is 0.0146. The predicted molar refractivity (Wildman–Crippen MR) is 371 cm³/mol. The van der Waals surface area contributed by atoms with Gasteiger partial charge in [-0.05, 0) is 135 Å². The number of phosphoric acid groups is 2. The zero-order valence-electron chi connectivity index (χ0n) is 54.9. The summed E-state index contributed by atoms with van der Waals surface area (Å²) in [6.07, 6.45) is 82.3. The molecule has 5 atom stereocenters. The third kappa shape index (κ3) is 65.7. The highest BCUT2D eigenvalue weighted by Gasteiger charge is 2.29. The van der Waals surface area contributed by atoms with E-state index in [0.717, 1.165) is 116 Å². The minimum absolute atomic E-state index is 0.0286. The van der Waals surface area contributed by atoms with Gasteiger partial charge >= 0.3 is 33.6 Å². The lowest BCUT2D eigenvalue weighted by Gasteiger charge is -2.21. The van der Waals surface area contributed by atoms with Crippen LogP contribution in [0.4, 0.5) is 0 Å². The fraction of sp³-hybridized carbons (Fsp3) is 0.521. The van der Waals surface area contributed by atoms with Crippen LogP contribution >= 0.6 is 15.6 Å². The molecule has 0 aromatic heterocycles. The number of aliphatic hydroxyl groups is 2. The molecule has 510 valence electrons. The first-order valence-corrected chi connectivity index (χ1v) is 35.7. The average molecular weight is 1310 g/mol. The van der Waals surface area contributed by atoms with Crippen molar-refractivity contribution in [3.8, 4) is 0 Å². The Hall–Kier alpha value is -5.61. The number of carbonyl (C=O) groups is 3. The molecular weight excluding hydrogens is 1190 g/mol. The summed E-state index contributed by atoms with van der Waals surface area (Å²) in [5.74, 6) is -1.81. The van der Waals surface area contributed by atoms with Crippen molar-refractivity contribution in [2.75, 3.05) is 39.6 Å². The van der Waals surface area contributed by atoms with Gasteiger partial charge in [-0.2, -0.15) is 0 Å². The third-order valence-electron chi connectivity index (χ3n) is 12.3. The van der Waals surface area contributed by atoms with Crippen LogP contribution in [0, 0.1) is 0 Å². The number of phosphoric ester groups is 2. The molecule has 0 bridgehead atoms. The van der Waals surface area contributed by atoms with E-state index in [4.69, 9.17) is 32.3 Å². The number of hydrogen-bond acceptors (Lipinski definition) is 14. The van der Waals surface area contributed by atoms with Crippen LogP contribution in [0.25, 0.3) is 0 Å². The van der Waals surface area contributed by atoms with Crippen molar-refractivity contribution >= 4 is 33.6 Å². The summed E-state index contributed by atoms with van der Waals surface area (Å²) >= 11 is 0. The number of rotatable bonds is 59. The molecule has 0 saturated carbocycles. The van der Waals surface area contributed by atoms with Gasteiger partial charge in [0.2, 0.25) is 0 Å². The first-order valence-electron chi connectivity index (χ1n) is 32.7. The Morgan fingerprint density at radius 2 is 0.571 bits per heavy atom. The van der Waals surface area contributed by atoms with Crippen LogP contribution in [0.5, 0.6) is 0 Å². The van der Waals surface area contributed by atoms with E-state index < -0.39 is 91.5 Å². The SMILES string of the molecule is CC/C=C\C/C=C\C/C=C\C/C=C\C/C=C\C/C=C\CCC(=O)OCC(O)COP(=O)(O)OCC(O)COP(=O)(O)OCC(COC(=O)CC/C=C\C/C=C\C/C=C\C/C=C\C/C=C\C/C=C\CC)OC(=O)CCCCCC/C=C\C/C=C\C/C=C\C/C=C\CC. The molecule has 0 rings (SSSR count). The van der Waals surface area contributed by atoms with E-state index in [0.29, 0.717) is 32.1 Å². The zero-order valence-corrected chi connectivity index (χ0v) is 56.7. The third-order valence-corrected chi connectivity index (χ3v) is 14.2. The number of aliphatic hydroxyl groups excluding tert-OH is 2. The van der Waals surface area contributed by atoms with E-state index in [9.17, 15) is 43.5 Å². The molecule has 91 heavy (non-hydrogen) atoms. The maximum Gasteiger partial charge on any atom is 0.472 e. The molecule has 0 aromatic rings. The second kappa shape index (κ2) is 64.5. The number of esters is 3. The lowest BCUT2D eigenvalue weighted by Crippen LogP contribution is -2.30. The van der Waals surface area contributed by atoms with Crippen LogP contribution < -0.4 is 0 Å². The molecule has 0 aliphatic carbocycles. The maximum absolute atomic E-state index is 12.9. The van der Waals surface area contributed by atoms with Gasteiger partial charge in [-0.25, -0.2) is 9.13 Å². The Balaban J connectivity index is 4.91. The number of hydrogen-bond donors (Lipinski definition) is 4. The van der Waals surface area contributed by atoms with Gasteiger partial charge in [-0.15, -0.1) is 0 Å². The number of unbranched alkanes of at least 4 members (excludes halogenated alkanes) is 4. The number of allylic oxidation sites excluding steroid dienone is 32. The van der Waals surface area contributed by atoms with Crippen molar-refractivity contribution < 1.29 is 75.8 Å². The van der Waals surface area contributed by atoms with Gasteiger partial charge < -0.3 is 34.2 Å². The van der Waals surface area contributed by atoms with Gasteiger partial charge in [0.15, 0.2) is 6.10 Å². The van der Waals surface area contributed by atoms with E-state index in [-0.39, 0.29) is 19.3 Å². The summed E-state index contributed by atoms with van der Waals surface area (Å²) in [6, 6.07) is 0. The second-order valence-corrected chi connectivity index (χ2v) is 23.7. The Bertz CT molecular complexity index is 2430. The minimum atomic E-state index is -4.96. The fourth-order valence-electron chi connectivity index (χ4n) is 7.43. The lowest BCUT2D eigenvalue weighted by molar-refractivity contribution is -0.161. The number of carbonyl (C=O) groups excluding carboxylic acids is 3. The lowest BCUT2D eigenvalue weighted by atomic mass is 10.1. The summed E-state index contributed by atoms with van der Waals surface area (Å²) < 4.78 is 60.6. The normalized spacial score (nSPS) is 15.5. The van der Waals surface area contributed by atoms with E-state index in [1.54, 1.807) is 0 Å². The molecule has 0 radical (unpaired) electrons. The molecule has 16 nitrogen and oxygen atoms in total. The molecule has 0 aliphatic heterocycles. The summed E-state index contributed by atoms with van der Waals surface area (Å²) in [5, 5.41) is 20.5. The molecule has 0 aliphatic rings. The van der Waals surface area contributed by atoms with Crippen LogP contribution in [-0.4, -0.2) is 95.9 Å². The first kappa shape index (κ1) is 85.4. The van der Waals surface area contributed by atoms with Crippen LogP contribution in [0.2, 0.25) is 0 Å². The van der Waals surface area contributed by atoms with Crippen molar-refractivity contribution in [2.24, 2.45) is 0 Å². The summed E-state index contributed by atoms with van der Waals surface area (Å²) in [7, 11) is -9.85. The van der Waals surface area contributed by atoms with Gasteiger partial charge in [0.05, 0.1) is 26.4 Å². The van der Waals surface area contributed by atoms with Crippen LogP contribution in [0.1, 0.15) is 188 Å². The zero-order chi connectivity index (χ0) is 66.7. The fourth-order valence-corrected chi connectivity index (χ4v) is 9.02. The Labute approximate surface area is 547 Å². The summed E-state index contributed by atoms with van der Waals surface area (Å²) in [5.41, 5.74) is 0. The molecule has 0 heterocycles. The van der Waals surface area contributed by atoms with E-state index in [2.05, 4.69) is 179 Å². The van der Waals surface area contributed by atoms with Crippen molar-refractivity contribution in [1.82, 2.24) is 0 Å². The van der Waals surface area contributed by atoms with Gasteiger partial charge in [0, 0.05) is 19.3 Å². The topological polar surface area (TPSA) is 231 Å². The molecule has 18 heteroatoms. The smallest absolute Gasteiger partial charge is 0.463 e. The highest BCUT2D eigenvalue weighted by Crippen LogP contribution is 2.45. The summed E-state index contributed by atoms with van der Waals surface area (Å²) in [6.45, 7) is 2.05. The van der Waals surface area contributed by atoms with Crippen molar-refractivity contribution in [1.29, 1.82) is 0 Å². The van der Waals surface area contributed by atoms with E-state index in [1.807, 2.05) is 36.5 Å². The van der Waals surface area contributed by atoms with Gasteiger partial charge in [0.25, 0.3) is 0 Å². The standard InChI is InChI=1S/C73H112O16P2/c1-4-7-10-13-16-19-22-25-28-31-33-36-38-41-44-47-50-53-56-59-71(76)83-62-68(74)63-85-90(79,80)86-64-69(75)65-87-91(81,82)88-67-70(89-73(78)61-58-55-52-49-46-43-40-35-30-27-24-21-18-15-12-9-6-3)66-84-72(77)60-57-54-51-48-45-42-39-37-34-32-29-26-23-20-17-14-11-8-5-2/h7-12,16-21,25-30,33-34,36-37,40-45,50-51,53-54,68-70,74-75H,4-6,13-15,22-24,31-32,35,38-39,46-49,52,55-67H2,1-3H3,(H,79,80)(H,81,82)/b10-7-,11-8-,12-9-,19-16-,20-17-,21-18-,28-25-,29-26-,30-27-,36-33-,37-34-,43-40-,44-41-,45-42-,53-50-,54-51-. The average Bonchev–Trinajstić information content (AvgIpc) is 3.02. The van der Waals surface area contributed by atoms with Gasteiger partial charge in [-0.1, -0.05) is 228 Å². The van der Waals surface area contributed by atoms with Crippen molar-refractivity contribution in [3.63, 3.8) is 0 Å². The van der Waals surface area contributed by atoms with Gasteiger partial charge in [0.1, 0.15) is 25.4 Å². The van der Waals surface area contributed by atoms with Crippen molar-refractivity contribution in [2.45, 2.75) is 206 Å². The van der Waals surface area contributed by atoms with Crippen LogP contribution in [-0.2, 0) is 55.8 Å². The highest BCUT2D eigenvalue weighted by atomic mass is 31.2. The number of ether oxygens (including phenoxy) is 3.